The second-order valence-electron chi connectivity index (χ2n) is 5.08. The molecule has 1 heterocycles. The van der Waals surface area contributed by atoms with E-state index in [-0.39, 0.29) is 0 Å². The van der Waals surface area contributed by atoms with Gasteiger partial charge in [0.25, 0.3) is 0 Å². The second kappa shape index (κ2) is 7.22. The van der Waals surface area contributed by atoms with Gasteiger partial charge in [-0.05, 0) is 40.0 Å². The van der Waals surface area contributed by atoms with Gasteiger partial charge in [-0.15, -0.1) is 0 Å². The number of unbranched alkanes of at least 4 members (excludes halogenated alkanes) is 1. The topological polar surface area (TPSA) is 44.5 Å². The summed E-state index contributed by atoms with van der Waals surface area (Å²) in [5.74, 6) is 5.71. The number of hydrogen-bond donors (Lipinski definition) is 2. The van der Waals surface area contributed by atoms with E-state index < -0.39 is 0 Å². The van der Waals surface area contributed by atoms with Gasteiger partial charge in [-0.1, -0.05) is 19.8 Å². The van der Waals surface area contributed by atoms with E-state index in [0.717, 1.165) is 6.54 Å². The molecule has 0 bridgehead atoms. The highest BCUT2D eigenvalue weighted by molar-refractivity contribution is 4.86. The summed E-state index contributed by atoms with van der Waals surface area (Å²) in [5, 5.41) is 0. The fraction of sp³-hybridized carbons (Fsp3) is 1.00. The summed E-state index contributed by atoms with van der Waals surface area (Å²) >= 11 is 0. The zero-order valence-electron chi connectivity index (χ0n) is 11.1. The zero-order chi connectivity index (χ0) is 12.0. The molecule has 2 unspecified atom stereocenters. The highest BCUT2D eigenvalue weighted by Gasteiger charge is 2.27. The van der Waals surface area contributed by atoms with Gasteiger partial charge < -0.3 is 9.80 Å². The van der Waals surface area contributed by atoms with Crippen molar-refractivity contribution in [1.29, 1.82) is 0 Å². The lowest BCUT2D eigenvalue weighted by Crippen LogP contribution is -2.54. The van der Waals surface area contributed by atoms with Crippen molar-refractivity contribution in [3.63, 3.8) is 0 Å². The van der Waals surface area contributed by atoms with Gasteiger partial charge in [0.2, 0.25) is 0 Å². The van der Waals surface area contributed by atoms with Crippen LogP contribution in [0.5, 0.6) is 0 Å². The highest BCUT2D eigenvalue weighted by atomic mass is 15.3. The van der Waals surface area contributed by atoms with Crippen molar-refractivity contribution in [3.8, 4) is 0 Å². The maximum atomic E-state index is 5.71. The molecule has 1 aliphatic heterocycles. The maximum Gasteiger partial charge on any atom is 0.0386 e. The molecule has 4 heteroatoms. The van der Waals surface area contributed by atoms with Gasteiger partial charge in [-0.3, -0.25) is 11.3 Å². The Morgan fingerprint density at radius 3 is 2.75 bits per heavy atom. The SMILES string of the molecule is CCCCC(NN)C1CN(C)CCCN1C. The van der Waals surface area contributed by atoms with Crippen LogP contribution >= 0.6 is 0 Å². The summed E-state index contributed by atoms with van der Waals surface area (Å²) in [5.41, 5.74) is 3.02. The van der Waals surface area contributed by atoms with Gasteiger partial charge in [-0.2, -0.15) is 0 Å². The molecule has 0 radical (unpaired) electrons. The molecular formula is C12H28N4. The van der Waals surface area contributed by atoms with Crippen LogP contribution in [0.2, 0.25) is 0 Å². The quantitative estimate of drug-likeness (QED) is 0.535. The third-order valence-electron chi connectivity index (χ3n) is 3.66. The first-order chi connectivity index (χ1) is 7.69. The first-order valence-corrected chi connectivity index (χ1v) is 6.54. The fourth-order valence-electron chi connectivity index (χ4n) is 2.55. The predicted octanol–water partition coefficient (Wildman–Crippen LogP) is 0.644. The lowest BCUT2D eigenvalue weighted by molar-refractivity contribution is 0.171. The third-order valence-corrected chi connectivity index (χ3v) is 3.66. The molecule has 4 nitrogen and oxygen atoms in total. The summed E-state index contributed by atoms with van der Waals surface area (Å²) in [6.45, 7) is 5.73. The van der Waals surface area contributed by atoms with Crippen molar-refractivity contribution in [2.75, 3.05) is 33.7 Å². The van der Waals surface area contributed by atoms with Crippen LogP contribution in [0.15, 0.2) is 0 Å². The van der Waals surface area contributed by atoms with E-state index in [2.05, 4.69) is 36.2 Å². The highest BCUT2D eigenvalue weighted by Crippen LogP contribution is 2.14. The number of hydrazine groups is 1. The van der Waals surface area contributed by atoms with Gasteiger partial charge in [0.1, 0.15) is 0 Å². The zero-order valence-corrected chi connectivity index (χ0v) is 11.1. The van der Waals surface area contributed by atoms with E-state index in [9.17, 15) is 0 Å². The molecule has 1 aliphatic rings. The number of nitrogens with one attached hydrogen (secondary N) is 1. The van der Waals surface area contributed by atoms with Gasteiger partial charge in [0.05, 0.1) is 0 Å². The molecule has 0 aliphatic carbocycles. The third kappa shape index (κ3) is 4.01. The molecule has 2 atom stereocenters. The van der Waals surface area contributed by atoms with Crippen molar-refractivity contribution < 1.29 is 0 Å². The minimum Gasteiger partial charge on any atom is -0.305 e. The minimum absolute atomic E-state index is 0.422. The van der Waals surface area contributed by atoms with Crippen molar-refractivity contribution in [3.05, 3.63) is 0 Å². The molecule has 0 amide bonds. The number of hydrogen-bond acceptors (Lipinski definition) is 4. The summed E-state index contributed by atoms with van der Waals surface area (Å²) in [4.78, 5) is 4.88. The summed E-state index contributed by atoms with van der Waals surface area (Å²) in [6, 6.07) is 0.967. The summed E-state index contributed by atoms with van der Waals surface area (Å²) < 4.78 is 0. The van der Waals surface area contributed by atoms with Crippen LogP contribution in [0.3, 0.4) is 0 Å². The Hall–Kier alpha value is -0.160. The normalized spacial score (nSPS) is 26.6. The molecule has 16 heavy (non-hydrogen) atoms. The number of nitrogens with zero attached hydrogens (tertiary/aromatic N) is 2. The smallest absolute Gasteiger partial charge is 0.0386 e. The molecule has 0 saturated carbocycles. The van der Waals surface area contributed by atoms with Crippen molar-refractivity contribution in [1.82, 2.24) is 15.2 Å². The van der Waals surface area contributed by atoms with Crippen LogP contribution in [0.4, 0.5) is 0 Å². The van der Waals surface area contributed by atoms with E-state index in [1.54, 1.807) is 0 Å². The van der Waals surface area contributed by atoms with E-state index >= 15 is 0 Å². The molecule has 3 N–H and O–H groups in total. The Kier molecular flexibility index (Phi) is 6.28. The van der Waals surface area contributed by atoms with E-state index in [0.29, 0.717) is 12.1 Å². The minimum atomic E-state index is 0.422. The first-order valence-electron chi connectivity index (χ1n) is 6.54. The fourth-order valence-corrected chi connectivity index (χ4v) is 2.55. The Balaban J connectivity index is 2.56. The number of likely N-dealkylation sites (N-methyl/N-ethyl adjacent to an activating group) is 2. The number of rotatable bonds is 5. The monoisotopic (exact) mass is 228 g/mol. The Morgan fingerprint density at radius 1 is 1.38 bits per heavy atom. The van der Waals surface area contributed by atoms with Crippen LogP contribution in [-0.4, -0.2) is 55.6 Å². The van der Waals surface area contributed by atoms with E-state index in [1.807, 2.05) is 0 Å². The lowest BCUT2D eigenvalue weighted by atomic mass is 10.0. The van der Waals surface area contributed by atoms with Gasteiger partial charge >= 0.3 is 0 Å². The molecule has 0 aromatic rings. The molecular weight excluding hydrogens is 200 g/mol. The Morgan fingerprint density at radius 2 is 2.12 bits per heavy atom. The number of nitrogens with two attached hydrogens (primary N) is 1. The standard InChI is InChI=1S/C12H28N4/c1-4-5-7-11(14-13)12-10-15(2)8-6-9-16(12)3/h11-12,14H,4-10,13H2,1-3H3. The largest absolute Gasteiger partial charge is 0.305 e. The van der Waals surface area contributed by atoms with Gasteiger partial charge in [0, 0.05) is 18.6 Å². The van der Waals surface area contributed by atoms with E-state index in [1.165, 1.54) is 38.8 Å². The van der Waals surface area contributed by atoms with Gasteiger partial charge in [-0.25, -0.2) is 0 Å². The van der Waals surface area contributed by atoms with Crippen LogP contribution in [0, 0.1) is 0 Å². The van der Waals surface area contributed by atoms with E-state index in [4.69, 9.17) is 5.84 Å². The summed E-state index contributed by atoms with van der Waals surface area (Å²) in [6.07, 6.45) is 4.93. The molecule has 1 fully saturated rings. The van der Waals surface area contributed by atoms with Crippen molar-refractivity contribution >= 4 is 0 Å². The Bertz CT molecular complexity index is 186. The van der Waals surface area contributed by atoms with Crippen LogP contribution < -0.4 is 11.3 Å². The molecule has 0 aromatic carbocycles. The molecule has 96 valence electrons. The first kappa shape index (κ1) is 13.9. The van der Waals surface area contributed by atoms with Crippen LogP contribution in [-0.2, 0) is 0 Å². The molecule has 1 saturated heterocycles. The van der Waals surface area contributed by atoms with Crippen LogP contribution in [0.1, 0.15) is 32.6 Å². The van der Waals surface area contributed by atoms with Gasteiger partial charge in [0.15, 0.2) is 0 Å². The molecule has 0 spiro atoms. The predicted molar refractivity (Wildman–Crippen MR) is 69.2 cm³/mol. The average molecular weight is 228 g/mol. The Labute approximate surface area is 100 Å². The summed E-state index contributed by atoms with van der Waals surface area (Å²) in [7, 11) is 4.43. The molecule has 0 aromatic heterocycles. The second-order valence-corrected chi connectivity index (χ2v) is 5.08. The molecule has 1 rings (SSSR count). The lowest BCUT2D eigenvalue weighted by Gasteiger charge is -2.34. The average Bonchev–Trinajstić information content (AvgIpc) is 2.43. The van der Waals surface area contributed by atoms with Crippen LogP contribution in [0.25, 0.3) is 0 Å². The van der Waals surface area contributed by atoms with Crippen molar-refractivity contribution in [2.45, 2.75) is 44.7 Å². The van der Waals surface area contributed by atoms with Crippen molar-refractivity contribution in [2.24, 2.45) is 5.84 Å². The maximum absolute atomic E-state index is 5.71.